The van der Waals surface area contributed by atoms with E-state index in [9.17, 15) is 9.18 Å². The number of carbonyl (C=O) groups is 1. The van der Waals surface area contributed by atoms with Crippen molar-refractivity contribution in [2.75, 3.05) is 12.8 Å². The number of nitrogen functional groups attached to an aromatic ring is 1. The third-order valence-corrected chi connectivity index (χ3v) is 4.11. The van der Waals surface area contributed by atoms with Gasteiger partial charge in [-0.15, -0.1) is 11.8 Å². The molecule has 92 valence electrons. The first kappa shape index (κ1) is 12.2. The minimum atomic E-state index is -0.385. The zero-order chi connectivity index (χ0) is 12.4. The summed E-state index contributed by atoms with van der Waals surface area (Å²) < 4.78 is 18.4. The SMILES string of the molecule is COC(=O)C(Sc1ccc(N)cc1F)C1CC1. The fraction of sp³-hybridized carbons (Fsp3) is 0.417. The molecular formula is C12H14FNO2S. The van der Waals surface area contributed by atoms with Gasteiger partial charge in [-0.3, -0.25) is 4.79 Å². The normalized spacial score (nSPS) is 16.6. The molecule has 3 nitrogen and oxygen atoms in total. The molecule has 17 heavy (non-hydrogen) atoms. The molecule has 5 heteroatoms. The molecule has 1 saturated carbocycles. The number of thioether (sulfide) groups is 1. The summed E-state index contributed by atoms with van der Waals surface area (Å²) in [6, 6.07) is 4.50. The Kier molecular flexibility index (Phi) is 3.57. The van der Waals surface area contributed by atoms with Gasteiger partial charge >= 0.3 is 5.97 Å². The molecule has 0 amide bonds. The number of carbonyl (C=O) groups excluding carboxylic acids is 1. The first-order valence-corrected chi connectivity index (χ1v) is 6.29. The van der Waals surface area contributed by atoms with Crippen LogP contribution in [0.1, 0.15) is 12.8 Å². The van der Waals surface area contributed by atoms with Gasteiger partial charge in [0.2, 0.25) is 0 Å². The Morgan fingerprint density at radius 1 is 1.59 bits per heavy atom. The van der Waals surface area contributed by atoms with E-state index in [0.29, 0.717) is 16.5 Å². The number of rotatable bonds is 4. The van der Waals surface area contributed by atoms with E-state index in [1.807, 2.05) is 0 Å². The Balaban J connectivity index is 2.14. The van der Waals surface area contributed by atoms with Crippen molar-refractivity contribution in [3.8, 4) is 0 Å². The summed E-state index contributed by atoms with van der Waals surface area (Å²) >= 11 is 1.22. The molecule has 1 aliphatic carbocycles. The Morgan fingerprint density at radius 2 is 2.29 bits per heavy atom. The number of nitrogens with two attached hydrogens (primary N) is 1. The first-order chi connectivity index (χ1) is 8.11. The van der Waals surface area contributed by atoms with Gasteiger partial charge in [-0.1, -0.05) is 0 Å². The number of esters is 1. The molecule has 0 radical (unpaired) electrons. The third kappa shape index (κ3) is 2.91. The molecule has 1 aliphatic rings. The predicted octanol–water partition coefficient (Wildman–Crippen LogP) is 2.45. The fourth-order valence-electron chi connectivity index (χ4n) is 1.60. The average molecular weight is 255 g/mol. The van der Waals surface area contributed by atoms with Gasteiger partial charge in [0.15, 0.2) is 0 Å². The molecule has 0 bridgehead atoms. The number of hydrogen-bond donors (Lipinski definition) is 1. The third-order valence-electron chi connectivity index (χ3n) is 2.69. The highest BCUT2D eigenvalue weighted by atomic mass is 32.2. The van der Waals surface area contributed by atoms with Crippen LogP contribution in [0, 0.1) is 11.7 Å². The lowest BCUT2D eigenvalue weighted by molar-refractivity contribution is -0.140. The largest absolute Gasteiger partial charge is 0.468 e. The van der Waals surface area contributed by atoms with Crippen molar-refractivity contribution < 1.29 is 13.9 Å². The summed E-state index contributed by atoms with van der Waals surface area (Å²) in [7, 11) is 1.36. The van der Waals surface area contributed by atoms with E-state index in [4.69, 9.17) is 10.5 Å². The summed E-state index contributed by atoms with van der Waals surface area (Å²) in [5.41, 5.74) is 5.86. The lowest BCUT2D eigenvalue weighted by Crippen LogP contribution is -2.21. The van der Waals surface area contributed by atoms with Gasteiger partial charge in [0, 0.05) is 10.6 Å². The molecule has 0 aromatic heterocycles. The van der Waals surface area contributed by atoms with E-state index >= 15 is 0 Å². The van der Waals surface area contributed by atoms with Crippen molar-refractivity contribution in [3.05, 3.63) is 24.0 Å². The molecule has 1 aromatic rings. The van der Waals surface area contributed by atoms with Crippen molar-refractivity contribution in [2.45, 2.75) is 23.0 Å². The van der Waals surface area contributed by atoms with Crippen molar-refractivity contribution in [1.29, 1.82) is 0 Å². The highest BCUT2D eigenvalue weighted by Crippen LogP contribution is 2.42. The van der Waals surface area contributed by atoms with Gasteiger partial charge in [0.25, 0.3) is 0 Å². The lowest BCUT2D eigenvalue weighted by atomic mass is 10.3. The van der Waals surface area contributed by atoms with E-state index < -0.39 is 0 Å². The van der Waals surface area contributed by atoms with E-state index in [-0.39, 0.29) is 17.0 Å². The minimum Gasteiger partial charge on any atom is -0.468 e. The predicted molar refractivity (Wildman–Crippen MR) is 65.2 cm³/mol. The van der Waals surface area contributed by atoms with Crippen LogP contribution in [-0.2, 0) is 9.53 Å². The summed E-state index contributed by atoms with van der Waals surface area (Å²) in [6.07, 6.45) is 2.01. The van der Waals surface area contributed by atoms with Crippen LogP contribution in [0.15, 0.2) is 23.1 Å². The number of methoxy groups -OCH3 is 1. The van der Waals surface area contributed by atoms with Crippen LogP contribution < -0.4 is 5.73 Å². The molecule has 0 saturated heterocycles. The van der Waals surface area contributed by atoms with Gasteiger partial charge in [-0.05, 0) is 37.0 Å². The molecule has 1 atom stereocenters. The Morgan fingerprint density at radius 3 is 2.82 bits per heavy atom. The quantitative estimate of drug-likeness (QED) is 0.510. The van der Waals surface area contributed by atoms with Gasteiger partial charge in [0.05, 0.1) is 7.11 Å². The van der Waals surface area contributed by atoms with E-state index in [1.165, 1.54) is 24.9 Å². The van der Waals surface area contributed by atoms with Crippen LogP contribution in [0.5, 0.6) is 0 Å². The lowest BCUT2D eigenvalue weighted by Gasteiger charge is -2.13. The number of halogens is 1. The van der Waals surface area contributed by atoms with Crippen LogP contribution in [0.4, 0.5) is 10.1 Å². The van der Waals surface area contributed by atoms with Crippen molar-refractivity contribution in [3.63, 3.8) is 0 Å². The Bertz CT molecular complexity index is 435. The van der Waals surface area contributed by atoms with Crippen molar-refractivity contribution >= 4 is 23.4 Å². The minimum absolute atomic E-state index is 0.284. The van der Waals surface area contributed by atoms with Crippen LogP contribution in [-0.4, -0.2) is 18.3 Å². The second-order valence-electron chi connectivity index (χ2n) is 4.09. The van der Waals surface area contributed by atoms with Gasteiger partial charge in [-0.2, -0.15) is 0 Å². The van der Waals surface area contributed by atoms with Gasteiger partial charge in [-0.25, -0.2) is 4.39 Å². The second-order valence-corrected chi connectivity index (χ2v) is 5.27. The molecule has 1 fully saturated rings. The average Bonchev–Trinajstić information content (AvgIpc) is 3.11. The summed E-state index contributed by atoms with van der Waals surface area (Å²) in [6.45, 7) is 0. The zero-order valence-electron chi connectivity index (χ0n) is 9.48. The summed E-state index contributed by atoms with van der Waals surface area (Å²) in [5, 5.41) is -0.307. The fourth-order valence-corrected chi connectivity index (χ4v) is 2.85. The summed E-state index contributed by atoms with van der Waals surface area (Å²) in [5.74, 6) is -0.359. The molecule has 0 heterocycles. The second kappa shape index (κ2) is 4.96. The highest BCUT2D eigenvalue weighted by Gasteiger charge is 2.38. The molecule has 1 unspecified atom stereocenters. The standard InChI is InChI=1S/C12H14FNO2S/c1-16-12(15)11(7-2-3-7)17-10-5-4-8(14)6-9(10)13/h4-7,11H,2-3,14H2,1H3. The van der Waals surface area contributed by atoms with E-state index in [2.05, 4.69) is 0 Å². The van der Waals surface area contributed by atoms with Crippen LogP contribution in [0.2, 0.25) is 0 Å². The van der Waals surface area contributed by atoms with Gasteiger partial charge < -0.3 is 10.5 Å². The molecule has 2 N–H and O–H groups in total. The van der Waals surface area contributed by atoms with Gasteiger partial charge in [0.1, 0.15) is 11.1 Å². The van der Waals surface area contributed by atoms with E-state index in [1.54, 1.807) is 12.1 Å². The molecule has 2 rings (SSSR count). The van der Waals surface area contributed by atoms with Crippen molar-refractivity contribution in [2.24, 2.45) is 5.92 Å². The number of anilines is 1. The highest BCUT2D eigenvalue weighted by molar-refractivity contribution is 8.00. The van der Waals surface area contributed by atoms with Crippen LogP contribution in [0.3, 0.4) is 0 Å². The molecule has 1 aromatic carbocycles. The maximum Gasteiger partial charge on any atom is 0.319 e. The number of benzene rings is 1. The molecule has 0 aliphatic heterocycles. The Hall–Kier alpha value is -1.23. The van der Waals surface area contributed by atoms with Crippen LogP contribution >= 0.6 is 11.8 Å². The number of hydrogen-bond acceptors (Lipinski definition) is 4. The maximum atomic E-state index is 13.6. The zero-order valence-corrected chi connectivity index (χ0v) is 10.3. The maximum absolute atomic E-state index is 13.6. The topological polar surface area (TPSA) is 52.3 Å². The summed E-state index contributed by atoms with van der Waals surface area (Å²) in [4.78, 5) is 12.0. The Labute approximate surface area is 104 Å². The first-order valence-electron chi connectivity index (χ1n) is 5.41. The smallest absolute Gasteiger partial charge is 0.319 e. The van der Waals surface area contributed by atoms with E-state index in [0.717, 1.165) is 12.8 Å². The van der Waals surface area contributed by atoms with Crippen LogP contribution in [0.25, 0.3) is 0 Å². The number of ether oxygens (including phenoxy) is 1. The monoisotopic (exact) mass is 255 g/mol. The molecule has 0 spiro atoms. The molecular weight excluding hydrogens is 241 g/mol. The van der Waals surface area contributed by atoms with Crippen molar-refractivity contribution in [1.82, 2.24) is 0 Å².